The van der Waals surface area contributed by atoms with Crippen LogP contribution in [-0.4, -0.2) is 47.8 Å². The van der Waals surface area contributed by atoms with Crippen molar-refractivity contribution < 1.29 is 22.6 Å². The molecule has 0 saturated heterocycles. The summed E-state index contributed by atoms with van der Waals surface area (Å²) in [5.74, 6) is 2.09. The van der Waals surface area contributed by atoms with Gasteiger partial charge in [0.15, 0.2) is 22.8 Å². The number of H-pyrrole nitrogens is 1. The first-order chi connectivity index (χ1) is 18.6. The summed E-state index contributed by atoms with van der Waals surface area (Å²) in [6, 6.07) is 9.19. The average molecular weight is 556 g/mol. The number of rotatable bonds is 11. The van der Waals surface area contributed by atoms with E-state index in [0.717, 1.165) is 6.42 Å². The zero-order valence-corrected chi connectivity index (χ0v) is 23.7. The van der Waals surface area contributed by atoms with Gasteiger partial charge in [-0.05, 0) is 64.4 Å². The first kappa shape index (κ1) is 28.0. The molecule has 0 fully saturated rings. The molecule has 0 bridgehead atoms. The Labute approximate surface area is 227 Å². The Morgan fingerprint density at radius 2 is 1.82 bits per heavy atom. The Morgan fingerprint density at radius 1 is 1.08 bits per heavy atom. The number of anilines is 1. The highest BCUT2D eigenvalue weighted by molar-refractivity contribution is 7.92. The average Bonchev–Trinajstić information content (AvgIpc) is 3.19. The summed E-state index contributed by atoms with van der Waals surface area (Å²) < 4.78 is 47.8. The van der Waals surface area contributed by atoms with Crippen LogP contribution in [0, 0.1) is 6.92 Å². The summed E-state index contributed by atoms with van der Waals surface area (Å²) in [7, 11) is -2.53. The van der Waals surface area contributed by atoms with Gasteiger partial charge in [-0.15, -0.1) is 5.10 Å². The molecule has 2 aromatic carbocycles. The molecule has 4 rings (SSSR count). The lowest BCUT2D eigenvalue weighted by atomic mass is 10.2. The van der Waals surface area contributed by atoms with Crippen LogP contribution in [0.4, 0.5) is 5.69 Å². The van der Waals surface area contributed by atoms with Gasteiger partial charge in [0.1, 0.15) is 11.6 Å². The van der Waals surface area contributed by atoms with E-state index in [1.807, 2.05) is 27.7 Å². The van der Waals surface area contributed by atoms with Crippen LogP contribution in [0.1, 0.15) is 45.6 Å². The Hall–Kier alpha value is -4.06. The van der Waals surface area contributed by atoms with Crippen LogP contribution in [0.2, 0.25) is 0 Å². The highest BCUT2D eigenvalue weighted by Gasteiger charge is 2.22. The van der Waals surface area contributed by atoms with E-state index in [2.05, 4.69) is 19.8 Å². The van der Waals surface area contributed by atoms with Gasteiger partial charge in [0, 0.05) is 12.5 Å². The Morgan fingerprint density at radius 3 is 2.49 bits per heavy atom. The zero-order valence-electron chi connectivity index (χ0n) is 22.9. The van der Waals surface area contributed by atoms with E-state index >= 15 is 0 Å². The van der Waals surface area contributed by atoms with Crippen molar-refractivity contribution in [1.29, 1.82) is 0 Å². The number of aromatic amines is 1. The van der Waals surface area contributed by atoms with Crippen molar-refractivity contribution in [2.24, 2.45) is 0 Å². The van der Waals surface area contributed by atoms with Crippen molar-refractivity contribution in [3.05, 3.63) is 58.3 Å². The maximum atomic E-state index is 13.4. The van der Waals surface area contributed by atoms with E-state index < -0.39 is 10.0 Å². The topological polar surface area (TPSA) is 137 Å². The number of aromatic nitrogens is 4. The highest BCUT2D eigenvalue weighted by atomic mass is 32.2. The molecule has 11 nitrogen and oxygen atoms in total. The lowest BCUT2D eigenvalue weighted by Gasteiger charge is -2.16. The Kier molecular flexibility index (Phi) is 8.14. The minimum Gasteiger partial charge on any atom is -0.493 e. The van der Waals surface area contributed by atoms with Crippen LogP contribution in [-0.2, 0) is 16.4 Å². The quantitative estimate of drug-likeness (QED) is 0.279. The lowest BCUT2D eigenvalue weighted by molar-refractivity contribution is 0.230. The maximum Gasteiger partial charge on any atom is 0.277 e. The number of imidazole rings is 1. The van der Waals surface area contributed by atoms with Crippen LogP contribution in [0.15, 0.2) is 46.1 Å². The van der Waals surface area contributed by atoms with Gasteiger partial charge in [-0.3, -0.25) is 9.52 Å². The van der Waals surface area contributed by atoms with E-state index in [9.17, 15) is 13.2 Å². The number of nitrogens with one attached hydrogen (secondary N) is 2. The minimum absolute atomic E-state index is 0.0403. The SMILES string of the molecule is CCCc1nc(C)c2c(=O)[nH]c(-c3cc(S(=O)(=O)Nc4ccc(OC)c(OC(C)C)c4)ccc3OCC)nn12. The van der Waals surface area contributed by atoms with Crippen LogP contribution < -0.4 is 24.5 Å². The monoisotopic (exact) mass is 555 g/mol. The number of hydrogen-bond acceptors (Lipinski definition) is 8. The van der Waals surface area contributed by atoms with E-state index in [1.54, 1.807) is 31.2 Å². The van der Waals surface area contributed by atoms with E-state index in [0.29, 0.717) is 58.6 Å². The molecule has 2 N–H and O–H groups in total. The van der Waals surface area contributed by atoms with Crippen molar-refractivity contribution in [2.75, 3.05) is 18.4 Å². The largest absolute Gasteiger partial charge is 0.493 e. The Balaban J connectivity index is 1.79. The third kappa shape index (κ3) is 5.85. The number of ether oxygens (including phenoxy) is 3. The number of hydrogen-bond donors (Lipinski definition) is 2. The van der Waals surface area contributed by atoms with Gasteiger partial charge in [-0.25, -0.2) is 17.9 Å². The van der Waals surface area contributed by atoms with Crippen molar-refractivity contribution in [1.82, 2.24) is 19.6 Å². The van der Waals surface area contributed by atoms with Gasteiger partial charge in [0.2, 0.25) is 0 Å². The number of aryl methyl sites for hydroxylation is 2. The number of nitrogens with zero attached hydrogens (tertiary/aromatic N) is 3. The first-order valence-corrected chi connectivity index (χ1v) is 14.2. The fourth-order valence-electron chi connectivity index (χ4n) is 4.19. The van der Waals surface area contributed by atoms with Gasteiger partial charge < -0.3 is 19.2 Å². The fourth-order valence-corrected chi connectivity index (χ4v) is 5.26. The molecule has 12 heteroatoms. The summed E-state index contributed by atoms with van der Waals surface area (Å²) in [5.41, 5.74) is 1.17. The van der Waals surface area contributed by atoms with Gasteiger partial charge in [0.05, 0.1) is 41.7 Å². The molecule has 0 saturated carbocycles. The van der Waals surface area contributed by atoms with Gasteiger partial charge in [-0.1, -0.05) is 6.92 Å². The molecule has 0 spiro atoms. The first-order valence-electron chi connectivity index (χ1n) is 12.7. The molecule has 0 atom stereocenters. The van der Waals surface area contributed by atoms with Gasteiger partial charge in [-0.2, -0.15) is 0 Å². The summed E-state index contributed by atoms with van der Waals surface area (Å²) in [5, 5.41) is 4.63. The smallest absolute Gasteiger partial charge is 0.277 e. The molecule has 0 amide bonds. The molecule has 4 aromatic rings. The molecule has 39 heavy (non-hydrogen) atoms. The van der Waals surface area contributed by atoms with Crippen molar-refractivity contribution in [3.63, 3.8) is 0 Å². The predicted molar refractivity (Wildman–Crippen MR) is 149 cm³/mol. The normalized spacial score (nSPS) is 11.7. The summed E-state index contributed by atoms with van der Waals surface area (Å²) in [6.45, 7) is 9.65. The zero-order chi connectivity index (χ0) is 28.3. The molecule has 0 aliphatic rings. The van der Waals surface area contributed by atoms with Crippen LogP contribution in [0.5, 0.6) is 17.2 Å². The summed E-state index contributed by atoms with van der Waals surface area (Å²) >= 11 is 0. The number of sulfonamides is 1. The molecule has 2 aromatic heterocycles. The standard InChI is InChI=1S/C27H33N5O6S/c1-7-9-24-28-17(5)25-27(33)29-26(30-32(24)25)20-15-19(11-13-21(20)37-8-2)39(34,35)31-18-10-12-22(36-6)23(14-18)38-16(3)4/h10-16,31H,7-9H2,1-6H3,(H,29,30,33). The second-order valence-corrected chi connectivity index (χ2v) is 10.8. The van der Waals surface area contributed by atoms with E-state index in [4.69, 9.17) is 14.2 Å². The number of methoxy groups -OCH3 is 1. The van der Waals surface area contributed by atoms with Crippen LogP contribution in [0.25, 0.3) is 16.9 Å². The molecule has 0 unspecified atom stereocenters. The second kappa shape index (κ2) is 11.4. The molecular formula is C27H33N5O6S. The molecule has 2 heterocycles. The van der Waals surface area contributed by atoms with Crippen molar-refractivity contribution in [2.45, 2.75) is 58.5 Å². The third-order valence-electron chi connectivity index (χ3n) is 5.81. The highest BCUT2D eigenvalue weighted by Crippen LogP contribution is 2.34. The summed E-state index contributed by atoms with van der Waals surface area (Å²) in [4.78, 5) is 20.2. The van der Waals surface area contributed by atoms with Crippen LogP contribution >= 0.6 is 0 Å². The van der Waals surface area contributed by atoms with E-state index in [1.165, 1.54) is 23.8 Å². The number of fused-ring (bicyclic) bond motifs is 1. The fraction of sp³-hybridized carbons (Fsp3) is 0.370. The molecule has 208 valence electrons. The minimum atomic E-state index is -4.05. The molecule has 0 aliphatic carbocycles. The summed E-state index contributed by atoms with van der Waals surface area (Å²) in [6.07, 6.45) is 1.32. The molecule has 0 aliphatic heterocycles. The van der Waals surface area contributed by atoms with Gasteiger partial charge in [0.25, 0.3) is 15.6 Å². The maximum absolute atomic E-state index is 13.4. The second-order valence-electron chi connectivity index (χ2n) is 9.16. The molecule has 0 radical (unpaired) electrons. The van der Waals surface area contributed by atoms with Crippen molar-refractivity contribution >= 4 is 21.2 Å². The number of benzene rings is 2. The van der Waals surface area contributed by atoms with Crippen LogP contribution in [0.3, 0.4) is 0 Å². The predicted octanol–water partition coefficient (Wildman–Crippen LogP) is 4.34. The third-order valence-corrected chi connectivity index (χ3v) is 7.19. The van der Waals surface area contributed by atoms with E-state index in [-0.39, 0.29) is 22.4 Å². The lowest BCUT2D eigenvalue weighted by Crippen LogP contribution is -2.17. The molecular weight excluding hydrogens is 522 g/mol. The van der Waals surface area contributed by atoms with Crippen molar-refractivity contribution in [3.8, 4) is 28.6 Å². The van der Waals surface area contributed by atoms with Gasteiger partial charge >= 0.3 is 0 Å². The Bertz CT molecular complexity index is 1660.